The summed E-state index contributed by atoms with van der Waals surface area (Å²) in [5, 5.41) is 7.08. The van der Waals surface area contributed by atoms with Crippen LogP contribution in [0, 0.1) is 0 Å². The molecule has 0 unspecified atom stereocenters. The number of aromatic nitrogens is 2. The monoisotopic (exact) mass is 354 g/mol. The van der Waals surface area contributed by atoms with Gasteiger partial charge in [-0.3, -0.25) is 0 Å². The lowest BCUT2D eigenvalue weighted by atomic mass is 10.1. The van der Waals surface area contributed by atoms with Crippen LogP contribution >= 0.6 is 11.6 Å². The van der Waals surface area contributed by atoms with Gasteiger partial charge in [-0.2, -0.15) is 4.98 Å². The van der Waals surface area contributed by atoms with E-state index in [0.717, 1.165) is 24.4 Å². The first kappa shape index (κ1) is 17.0. The van der Waals surface area contributed by atoms with Gasteiger partial charge >= 0.3 is 0 Å². The first-order valence-electron chi connectivity index (χ1n) is 7.96. The Hall–Kier alpha value is -2.79. The van der Waals surface area contributed by atoms with Crippen molar-refractivity contribution in [3.8, 4) is 5.75 Å². The Labute approximate surface area is 152 Å². The number of nitrogens with one attached hydrogen (secondary N) is 2. The molecule has 3 rings (SSSR count). The first-order valence-corrected chi connectivity index (χ1v) is 8.34. The van der Waals surface area contributed by atoms with E-state index in [1.54, 1.807) is 19.4 Å². The van der Waals surface area contributed by atoms with Gasteiger partial charge in [0.25, 0.3) is 0 Å². The molecule has 0 fully saturated rings. The molecule has 0 spiro atoms. The Bertz CT molecular complexity index is 824. The van der Waals surface area contributed by atoms with E-state index >= 15 is 0 Å². The maximum Gasteiger partial charge on any atom is 0.224 e. The Kier molecular flexibility index (Phi) is 5.69. The second kappa shape index (κ2) is 8.35. The molecule has 1 aromatic heterocycles. The average Bonchev–Trinajstić information content (AvgIpc) is 2.65. The zero-order valence-electron chi connectivity index (χ0n) is 13.9. The lowest BCUT2D eigenvalue weighted by Crippen LogP contribution is -2.08. The smallest absolute Gasteiger partial charge is 0.224 e. The maximum atomic E-state index is 6.16. The second-order valence-electron chi connectivity index (χ2n) is 5.40. The number of anilines is 3. The van der Waals surface area contributed by atoms with Crippen molar-refractivity contribution in [1.29, 1.82) is 0 Å². The van der Waals surface area contributed by atoms with Crippen LogP contribution in [0.3, 0.4) is 0 Å². The van der Waals surface area contributed by atoms with Crippen LogP contribution in [-0.4, -0.2) is 23.6 Å². The zero-order chi connectivity index (χ0) is 17.5. The number of halogens is 1. The molecule has 6 heteroatoms. The number of para-hydroxylation sites is 1. The normalized spacial score (nSPS) is 10.3. The number of benzene rings is 2. The topological polar surface area (TPSA) is 59.1 Å². The molecule has 0 bridgehead atoms. The van der Waals surface area contributed by atoms with E-state index in [1.165, 1.54) is 5.56 Å². The molecule has 0 aliphatic rings. The third-order valence-electron chi connectivity index (χ3n) is 3.65. The van der Waals surface area contributed by atoms with E-state index in [2.05, 4.69) is 32.7 Å². The van der Waals surface area contributed by atoms with E-state index in [0.29, 0.717) is 16.8 Å². The molecule has 1 heterocycles. The van der Waals surface area contributed by atoms with Crippen LogP contribution in [0.1, 0.15) is 5.56 Å². The minimum Gasteiger partial charge on any atom is -0.497 e. The van der Waals surface area contributed by atoms with Crippen molar-refractivity contribution < 1.29 is 4.74 Å². The van der Waals surface area contributed by atoms with Crippen molar-refractivity contribution in [2.24, 2.45) is 0 Å². The molecule has 0 aliphatic carbocycles. The summed E-state index contributed by atoms with van der Waals surface area (Å²) in [6.07, 6.45) is 2.58. The van der Waals surface area contributed by atoms with Crippen LogP contribution < -0.4 is 15.4 Å². The summed E-state index contributed by atoms with van der Waals surface area (Å²) in [6.45, 7) is 0.738. The van der Waals surface area contributed by atoms with E-state index in [-0.39, 0.29) is 0 Å². The van der Waals surface area contributed by atoms with Gasteiger partial charge in [0.2, 0.25) is 5.95 Å². The number of hydrogen-bond acceptors (Lipinski definition) is 5. The Morgan fingerprint density at radius 2 is 1.84 bits per heavy atom. The highest BCUT2D eigenvalue weighted by Crippen LogP contribution is 2.24. The van der Waals surface area contributed by atoms with Crippen LogP contribution in [-0.2, 0) is 6.42 Å². The van der Waals surface area contributed by atoms with Crippen LogP contribution in [0.5, 0.6) is 5.75 Å². The van der Waals surface area contributed by atoms with Crippen LogP contribution in [0.15, 0.2) is 60.8 Å². The minimum absolute atomic E-state index is 0.575. The van der Waals surface area contributed by atoms with Gasteiger partial charge in [0.1, 0.15) is 11.6 Å². The van der Waals surface area contributed by atoms with Crippen LogP contribution in [0.25, 0.3) is 0 Å². The van der Waals surface area contributed by atoms with Gasteiger partial charge in [0.15, 0.2) is 0 Å². The first-order chi connectivity index (χ1) is 12.2. The number of nitrogens with zero attached hydrogens (tertiary/aromatic N) is 2. The van der Waals surface area contributed by atoms with Gasteiger partial charge in [-0.05, 0) is 42.3 Å². The van der Waals surface area contributed by atoms with Crippen molar-refractivity contribution in [3.05, 3.63) is 71.4 Å². The Morgan fingerprint density at radius 3 is 2.60 bits per heavy atom. The molecule has 0 aliphatic heterocycles. The summed E-state index contributed by atoms with van der Waals surface area (Å²) >= 11 is 6.16. The molecule has 0 atom stereocenters. The van der Waals surface area contributed by atoms with Crippen molar-refractivity contribution in [1.82, 2.24) is 9.97 Å². The standard InChI is InChI=1S/C19H19ClN4O/c1-25-15-8-6-14(7-9-15)10-12-21-19-22-13-11-18(24-19)23-17-5-3-2-4-16(17)20/h2-9,11,13H,10,12H2,1H3,(H2,21,22,23,24). The van der Waals surface area contributed by atoms with Crippen molar-refractivity contribution in [2.75, 3.05) is 24.3 Å². The molecule has 0 saturated heterocycles. The summed E-state index contributed by atoms with van der Waals surface area (Å²) < 4.78 is 5.16. The highest BCUT2D eigenvalue weighted by Gasteiger charge is 2.03. The fraction of sp³-hybridized carbons (Fsp3) is 0.158. The summed E-state index contributed by atoms with van der Waals surface area (Å²) in [7, 11) is 1.66. The fourth-order valence-corrected chi connectivity index (χ4v) is 2.51. The average molecular weight is 355 g/mol. The van der Waals surface area contributed by atoms with E-state index < -0.39 is 0 Å². The molecular weight excluding hydrogens is 336 g/mol. The number of rotatable bonds is 7. The summed E-state index contributed by atoms with van der Waals surface area (Å²) in [5.41, 5.74) is 2.03. The highest BCUT2D eigenvalue weighted by molar-refractivity contribution is 6.33. The van der Waals surface area contributed by atoms with Gasteiger partial charge < -0.3 is 15.4 Å². The Morgan fingerprint density at radius 1 is 1.04 bits per heavy atom. The van der Waals surface area contributed by atoms with Gasteiger partial charge in [0, 0.05) is 12.7 Å². The molecule has 2 aromatic carbocycles. The molecule has 0 saturated carbocycles. The molecule has 25 heavy (non-hydrogen) atoms. The predicted octanol–water partition coefficient (Wildman–Crippen LogP) is 4.54. The third kappa shape index (κ3) is 4.84. The molecule has 2 N–H and O–H groups in total. The zero-order valence-corrected chi connectivity index (χ0v) is 14.6. The molecule has 5 nitrogen and oxygen atoms in total. The fourth-order valence-electron chi connectivity index (χ4n) is 2.32. The quantitative estimate of drug-likeness (QED) is 0.652. The lowest BCUT2D eigenvalue weighted by Gasteiger charge is -2.09. The highest BCUT2D eigenvalue weighted by atomic mass is 35.5. The van der Waals surface area contributed by atoms with Crippen molar-refractivity contribution >= 4 is 29.1 Å². The SMILES string of the molecule is COc1ccc(CCNc2nccc(Nc3ccccc3Cl)n2)cc1. The van der Waals surface area contributed by atoms with Gasteiger partial charge in [-0.25, -0.2) is 4.98 Å². The van der Waals surface area contributed by atoms with Crippen LogP contribution in [0.4, 0.5) is 17.5 Å². The molecule has 0 amide bonds. The molecule has 3 aromatic rings. The summed E-state index contributed by atoms with van der Waals surface area (Å²) in [4.78, 5) is 8.70. The lowest BCUT2D eigenvalue weighted by molar-refractivity contribution is 0.414. The molecule has 0 radical (unpaired) electrons. The van der Waals surface area contributed by atoms with E-state index in [1.807, 2.05) is 36.4 Å². The minimum atomic E-state index is 0.575. The maximum absolute atomic E-state index is 6.16. The second-order valence-corrected chi connectivity index (χ2v) is 5.80. The summed E-state index contributed by atoms with van der Waals surface area (Å²) in [6, 6.07) is 17.4. The van der Waals surface area contributed by atoms with Crippen molar-refractivity contribution in [2.45, 2.75) is 6.42 Å². The summed E-state index contributed by atoms with van der Waals surface area (Å²) in [5.74, 6) is 2.12. The van der Waals surface area contributed by atoms with Crippen molar-refractivity contribution in [3.63, 3.8) is 0 Å². The number of methoxy groups -OCH3 is 1. The van der Waals surface area contributed by atoms with Crippen LogP contribution in [0.2, 0.25) is 5.02 Å². The predicted molar refractivity (Wildman–Crippen MR) is 102 cm³/mol. The Balaban J connectivity index is 1.57. The van der Waals surface area contributed by atoms with Gasteiger partial charge in [-0.1, -0.05) is 35.9 Å². The largest absolute Gasteiger partial charge is 0.497 e. The molecule has 128 valence electrons. The third-order valence-corrected chi connectivity index (χ3v) is 3.98. The van der Waals surface area contributed by atoms with Gasteiger partial charge in [-0.15, -0.1) is 0 Å². The van der Waals surface area contributed by atoms with E-state index in [4.69, 9.17) is 16.3 Å². The number of hydrogen-bond donors (Lipinski definition) is 2. The van der Waals surface area contributed by atoms with Gasteiger partial charge in [0.05, 0.1) is 17.8 Å². The number of ether oxygens (including phenoxy) is 1. The van der Waals surface area contributed by atoms with E-state index in [9.17, 15) is 0 Å². The molecular formula is C19H19ClN4O.